The van der Waals surface area contributed by atoms with Crippen molar-refractivity contribution in [1.82, 2.24) is 4.90 Å². The first-order valence-corrected chi connectivity index (χ1v) is 11.5. The van der Waals surface area contributed by atoms with E-state index in [0.717, 1.165) is 43.4 Å². The Morgan fingerprint density at radius 1 is 1.21 bits per heavy atom. The highest BCUT2D eigenvalue weighted by Gasteiger charge is 2.54. The molecule has 0 aromatic heterocycles. The van der Waals surface area contributed by atoms with E-state index in [2.05, 4.69) is 63.2 Å². The topological polar surface area (TPSA) is 12.5 Å². The molecule has 0 bridgehead atoms. The molecule has 3 aliphatic carbocycles. The van der Waals surface area contributed by atoms with Crippen molar-refractivity contribution < 1.29 is 4.74 Å². The van der Waals surface area contributed by atoms with Crippen molar-refractivity contribution in [2.75, 3.05) is 33.9 Å². The first kappa shape index (κ1) is 20.2. The summed E-state index contributed by atoms with van der Waals surface area (Å²) in [6.45, 7) is 7.63. The molecular formula is C26H39NO. The molecule has 2 saturated carbocycles. The number of likely N-dealkylation sites (N-methyl/N-ethyl adjacent to an activating group) is 1. The molecule has 1 aromatic carbocycles. The van der Waals surface area contributed by atoms with Gasteiger partial charge in [-0.25, -0.2) is 0 Å². The second-order valence-electron chi connectivity index (χ2n) is 9.96. The monoisotopic (exact) mass is 381 g/mol. The molecule has 0 N–H and O–H groups in total. The number of allylic oxidation sites excluding steroid dienone is 1. The minimum Gasteiger partial charge on any atom is -0.376 e. The Morgan fingerprint density at radius 3 is 2.82 bits per heavy atom. The summed E-state index contributed by atoms with van der Waals surface area (Å²) in [6.07, 6.45) is 10.5. The highest BCUT2D eigenvalue weighted by Crippen LogP contribution is 2.64. The van der Waals surface area contributed by atoms with Crippen LogP contribution < -0.4 is 0 Å². The molecule has 3 aliphatic rings. The third kappa shape index (κ3) is 3.59. The number of benzene rings is 1. The largest absolute Gasteiger partial charge is 0.376 e. The lowest BCUT2D eigenvalue weighted by Crippen LogP contribution is -2.44. The predicted octanol–water partition coefficient (Wildman–Crippen LogP) is 5.68. The van der Waals surface area contributed by atoms with Crippen molar-refractivity contribution in [2.24, 2.45) is 23.2 Å². The Morgan fingerprint density at radius 2 is 2.04 bits per heavy atom. The minimum absolute atomic E-state index is 0.409. The Kier molecular flexibility index (Phi) is 5.99. The summed E-state index contributed by atoms with van der Waals surface area (Å²) in [4.78, 5) is 2.19. The molecule has 0 radical (unpaired) electrons. The summed E-state index contributed by atoms with van der Waals surface area (Å²) >= 11 is 0. The molecule has 2 nitrogen and oxygen atoms in total. The van der Waals surface area contributed by atoms with Gasteiger partial charge in [0.25, 0.3) is 0 Å². The Bertz CT molecular complexity index is 708. The van der Waals surface area contributed by atoms with Crippen LogP contribution in [-0.4, -0.2) is 38.8 Å². The molecule has 2 heteroatoms. The van der Waals surface area contributed by atoms with Crippen LogP contribution in [0, 0.1) is 23.2 Å². The molecule has 28 heavy (non-hydrogen) atoms. The first-order chi connectivity index (χ1) is 13.5. The van der Waals surface area contributed by atoms with Crippen LogP contribution in [0.15, 0.2) is 35.9 Å². The number of nitrogens with zero attached hydrogens (tertiary/aromatic N) is 1. The zero-order valence-electron chi connectivity index (χ0n) is 18.4. The van der Waals surface area contributed by atoms with Gasteiger partial charge in [0.2, 0.25) is 0 Å². The van der Waals surface area contributed by atoms with Gasteiger partial charge in [0.05, 0.1) is 13.2 Å². The lowest BCUT2D eigenvalue weighted by molar-refractivity contribution is 0.0409. The smallest absolute Gasteiger partial charge is 0.0650 e. The zero-order chi connectivity index (χ0) is 19.7. The summed E-state index contributed by atoms with van der Waals surface area (Å²) in [7, 11) is 4.21. The van der Waals surface area contributed by atoms with Gasteiger partial charge in [0, 0.05) is 6.54 Å². The molecule has 5 atom stereocenters. The Hall–Kier alpha value is -1.12. The summed E-state index contributed by atoms with van der Waals surface area (Å²) in [6, 6.07) is 9.34. The number of hydrogen-bond donors (Lipinski definition) is 0. The highest BCUT2D eigenvalue weighted by molar-refractivity contribution is 5.37. The maximum Gasteiger partial charge on any atom is 0.0650 e. The van der Waals surface area contributed by atoms with Crippen LogP contribution in [0.5, 0.6) is 0 Å². The van der Waals surface area contributed by atoms with Crippen molar-refractivity contribution in [3.8, 4) is 0 Å². The molecule has 2 fully saturated rings. The second-order valence-corrected chi connectivity index (χ2v) is 9.96. The highest BCUT2D eigenvalue weighted by atomic mass is 16.5. The van der Waals surface area contributed by atoms with Gasteiger partial charge >= 0.3 is 0 Å². The van der Waals surface area contributed by atoms with Crippen molar-refractivity contribution in [3.05, 3.63) is 47.0 Å². The Balaban J connectivity index is 1.52. The van der Waals surface area contributed by atoms with Crippen molar-refractivity contribution in [3.63, 3.8) is 0 Å². The van der Waals surface area contributed by atoms with Gasteiger partial charge in [0.15, 0.2) is 0 Å². The minimum atomic E-state index is 0.409. The quantitative estimate of drug-likeness (QED) is 0.464. The molecule has 0 unspecified atom stereocenters. The van der Waals surface area contributed by atoms with Gasteiger partial charge in [-0.2, -0.15) is 0 Å². The molecule has 0 aliphatic heterocycles. The van der Waals surface area contributed by atoms with Crippen LogP contribution in [0.4, 0.5) is 0 Å². The van der Waals surface area contributed by atoms with Gasteiger partial charge in [-0.15, -0.1) is 0 Å². The van der Waals surface area contributed by atoms with Crippen LogP contribution in [0.25, 0.3) is 0 Å². The van der Waals surface area contributed by atoms with Crippen LogP contribution in [-0.2, 0) is 11.2 Å². The van der Waals surface area contributed by atoms with Crippen molar-refractivity contribution >= 4 is 0 Å². The summed E-state index contributed by atoms with van der Waals surface area (Å²) < 4.78 is 5.91. The van der Waals surface area contributed by atoms with Gasteiger partial charge in [0.1, 0.15) is 0 Å². The van der Waals surface area contributed by atoms with E-state index in [0.29, 0.717) is 5.41 Å². The van der Waals surface area contributed by atoms with Gasteiger partial charge in [-0.3, -0.25) is 0 Å². The van der Waals surface area contributed by atoms with Crippen molar-refractivity contribution in [1.29, 1.82) is 0 Å². The van der Waals surface area contributed by atoms with E-state index >= 15 is 0 Å². The van der Waals surface area contributed by atoms with Crippen LogP contribution >= 0.6 is 0 Å². The molecule has 0 heterocycles. The van der Waals surface area contributed by atoms with E-state index in [-0.39, 0.29) is 0 Å². The van der Waals surface area contributed by atoms with Gasteiger partial charge < -0.3 is 9.64 Å². The fraction of sp³-hybridized carbons (Fsp3) is 0.692. The Labute approximate surface area is 172 Å². The van der Waals surface area contributed by atoms with Crippen LogP contribution in [0.3, 0.4) is 0 Å². The number of rotatable bonds is 6. The third-order valence-corrected chi connectivity index (χ3v) is 8.32. The fourth-order valence-corrected chi connectivity index (χ4v) is 6.81. The summed E-state index contributed by atoms with van der Waals surface area (Å²) in [5.41, 5.74) is 5.44. The molecule has 4 rings (SSSR count). The maximum absolute atomic E-state index is 5.91. The first-order valence-electron chi connectivity index (χ1n) is 11.5. The van der Waals surface area contributed by atoms with Gasteiger partial charge in [-0.05, 0) is 86.4 Å². The average molecular weight is 382 g/mol. The zero-order valence-corrected chi connectivity index (χ0v) is 18.4. The lowest BCUT2D eigenvalue weighted by Gasteiger charge is -2.52. The lowest BCUT2D eigenvalue weighted by atomic mass is 9.52. The molecule has 0 spiro atoms. The van der Waals surface area contributed by atoms with E-state index in [1.165, 1.54) is 38.5 Å². The van der Waals surface area contributed by atoms with Gasteiger partial charge in [-0.1, -0.05) is 56.2 Å². The van der Waals surface area contributed by atoms with E-state index in [1.807, 2.05) is 0 Å². The number of ether oxygens (including phenoxy) is 1. The SMILES string of the molecule is CC[C@H]1Cc2ccccc2[C@H]2CC[C@]3(C)C(=CCOCCN(C)C)CC[C@H]3[C@H]12. The number of fused-ring (bicyclic) bond motifs is 5. The van der Waals surface area contributed by atoms with E-state index < -0.39 is 0 Å². The van der Waals surface area contributed by atoms with Crippen LogP contribution in [0.1, 0.15) is 63.0 Å². The molecule has 154 valence electrons. The second kappa shape index (κ2) is 8.32. The van der Waals surface area contributed by atoms with E-state index in [9.17, 15) is 0 Å². The average Bonchev–Trinajstić information content (AvgIpc) is 3.03. The normalized spacial score (nSPS) is 35.7. The molecule has 0 saturated heterocycles. The van der Waals surface area contributed by atoms with Crippen LogP contribution in [0.2, 0.25) is 0 Å². The van der Waals surface area contributed by atoms with E-state index in [4.69, 9.17) is 4.74 Å². The van der Waals surface area contributed by atoms with E-state index in [1.54, 1.807) is 16.7 Å². The molecule has 0 amide bonds. The standard InChI is InChI=1S/C26H39NO/c1-5-19-18-20-8-6-7-9-22(20)23-12-14-26(2)21(10-11-24(26)25(19)23)13-16-28-17-15-27(3)4/h6-9,13,19,23-25H,5,10-12,14-18H2,1-4H3/t19-,23+,24-,25+,26+/m0/s1. The maximum atomic E-state index is 5.91. The predicted molar refractivity (Wildman–Crippen MR) is 118 cm³/mol. The summed E-state index contributed by atoms with van der Waals surface area (Å²) in [5, 5.41) is 0. The fourth-order valence-electron chi connectivity index (χ4n) is 6.81. The van der Waals surface area contributed by atoms with Crippen molar-refractivity contribution in [2.45, 2.75) is 58.3 Å². The molecule has 1 aromatic rings. The third-order valence-electron chi connectivity index (χ3n) is 8.32. The number of hydrogen-bond acceptors (Lipinski definition) is 2. The summed E-state index contributed by atoms with van der Waals surface area (Å²) in [5.74, 6) is 3.39. The molecular weight excluding hydrogens is 342 g/mol.